The minimum absolute atomic E-state index is 0. The van der Waals surface area contributed by atoms with Gasteiger partial charge in [-0.1, -0.05) is 35.9 Å². The van der Waals surface area contributed by atoms with Gasteiger partial charge in [-0.15, -0.1) is 20.5 Å². The third-order valence-electron chi connectivity index (χ3n) is 4.67. The molecule has 172 valence electrons. The van der Waals surface area contributed by atoms with Crippen LogP contribution in [-0.2, 0) is 10.1 Å². The molecule has 0 saturated carbocycles. The third-order valence-corrected chi connectivity index (χ3v) is 5.80. The van der Waals surface area contributed by atoms with Crippen LogP contribution in [0.25, 0.3) is 10.8 Å². The van der Waals surface area contributed by atoms with Gasteiger partial charge in [0, 0.05) is 27.9 Å². The molecule has 13 heteroatoms. The fourth-order valence-corrected chi connectivity index (χ4v) is 3.92. The van der Waals surface area contributed by atoms with E-state index in [4.69, 9.17) is 11.6 Å². The molecule has 3 N–H and O–H groups in total. The molecular formula is C22H14ClN4NaO6S. The summed E-state index contributed by atoms with van der Waals surface area (Å²) in [6, 6.07) is 15.1. The van der Waals surface area contributed by atoms with E-state index in [1.54, 1.807) is 18.2 Å². The first-order valence-corrected chi connectivity index (χ1v) is 11.3. The molecule has 0 aliphatic carbocycles. The Hall–Kier alpha value is -3.06. The van der Waals surface area contributed by atoms with Crippen LogP contribution in [0.15, 0.2) is 92.1 Å². The van der Waals surface area contributed by atoms with Crippen LogP contribution in [0.1, 0.15) is 0 Å². The monoisotopic (exact) mass is 520 g/mol. The summed E-state index contributed by atoms with van der Waals surface area (Å²) in [4.78, 5) is -0.388. The van der Waals surface area contributed by atoms with Gasteiger partial charge in [0.1, 0.15) is 44.4 Å². The number of halogens is 1. The van der Waals surface area contributed by atoms with Crippen LogP contribution in [0.5, 0.6) is 17.2 Å². The Morgan fingerprint density at radius 1 is 0.657 bits per heavy atom. The summed E-state index contributed by atoms with van der Waals surface area (Å²) in [6.07, 6.45) is 0. The first-order valence-electron chi connectivity index (χ1n) is 9.49. The van der Waals surface area contributed by atoms with Gasteiger partial charge in [0.05, 0.1) is 10.6 Å². The molecular weight excluding hydrogens is 507 g/mol. The summed E-state index contributed by atoms with van der Waals surface area (Å²) in [5.74, 6) is -0.993. The fraction of sp³-hybridized carbons (Fsp3) is 0. The normalized spacial score (nSPS) is 11.8. The molecule has 0 amide bonds. The molecule has 4 aromatic carbocycles. The average molecular weight is 521 g/mol. The van der Waals surface area contributed by atoms with Crippen molar-refractivity contribution >= 4 is 55.2 Å². The van der Waals surface area contributed by atoms with Crippen molar-refractivity contribution in [2.24, 2.45) is 20.5 Å². The van der Waals surface area contributed by atoms with Crippen LogP contribution < -0.4 is 29.6 Å². The summed E-state index contributed by atoms with van der Waals surface area (Å²) < 4.78 is 34.6. The molecule has 0 heterocycles. The second-order valence-electron chi connectivity index (χ2n) is 6.95. The van der Waals surface area contributed by atoms with Crippen LogP contribution in [0.4, 0.5) is 22.7 Å². The van der Waals surface area contributed by atoms with E-state index in [0.717, 1.165) is 12.1 Å². The van der Waals surface area contributed by atoms with E-state index >= 15 is 0 Å². The van der Waals surface area contributed by atoms with E-state index in [1.807, 2.05) is 0 Å². The molecule has 0 saturated heterocycles. The fourth-order valence-electron chi connectivity index (χ4n) is 3.07. The quantitative estimate of drug-likeness (QED) is 0.207. The van der Waals surface area contributed by atoms with Crippen LogP contribution in [-0.4, -0.2) is 28.3 Å². The zero-order valence-electron chi connectivity index (χ0n) is 18.0. The standard InChI is InChI=1S/C22H15ClN4O6S.Na/c23-12-5-7-19(28)16(9-12)25-27-18-10-17(20(29)11-21(18)30)26-24-15-6-8-22(34(31,32)33)14-4-2-1-3-13(14)15;/h1-11,28-30H,(H,31,32,33);/q;+1/p-1. The first kappa shape index (κ1) is 26.5. The number of aromatic hydroxyl groups is 3. The Balaban J connectivity index is 0.00000342. The number of phenolic OH excluding ortho intramolecular Hbond substituents is 3. The van der Waals surface area contributed by atoms with Crippen molar-refractivity contribution in [2.75, 3.05) is 0 Å². The number of fused-ring (bicyclic) bond motifs is 1. The van der Waals surface area contributed by atoms with Gasteiger partial charge in [0.25, 0.3) is 0 Å². The summed E-state index contributed by atoms with van der Waals surface area (Å²) in [5, 5.41) is 46.7. The molecule has 0 spiro atoms. The smallest absolute Gasteiger partial charge is 0.744 e. The zero-order valence-corrected chi connectivity index (χ0v) is 21.6. The van der Waals surface area contributed by atoms with Crippen LogP contribution in [0.3, 0.4) is 0 Å². The Morgan fingerprint density at radius 3 is 1.80 bits per heavy atom. The maximum atomic E-state index is 11.5. The minimum atomic E-state index is -4.70. The van der Waals surface area contributed by atoms with E-state index in [1.165, 1.54) is 36.4 Å². The number of hydrogen-bond acceptors (Lipinski definition) is 10. The maximum absolute atomic E-state index is 11.5. The number of phenols is 3. The van der Waals surface area contributed by atoms with E-state index in [9.17, 15) is 28.3 Å². The van der Waals surface area contributed by atoms with Crippen LogP contribution in [0.2, 0.25) is 5.02 Å². The van der Waals surface area contributed by atoms with Crippen molar-refractivity contribution in [3.63, 3.8) is 0 Å². The second-order valence-corrected chi connectivity index (χ2v) is 8.73. The van der Waals surface area contributed by atoms with Gasteiger partial charge in [-0.2, -0.15) is 0 Å². The van der Waals surface area contributed by atoms with Gasteiger partial charge in [-0.3, -0.25) is 0 Å². The molecule has 0 unspecified atom stereocenters. The Morgan fingerprint density at radius 2 is 1.20 bits per heavy atom. The van der Waals surface area contributed by atoms with Crippen molar-refractivity contribution in [2.45, 2.75) is 4.90 Å². The Bertz CT molecular complexity index is 1590. The van der Waals surface area contributed by atoms with Crippen molar-refractivity contribution in [3.05, 3.63) is 71.8 Å². The number of azo groups is 2. The molecule has 35 heavy (non-hydrogen) atoms. The summed E-state index contributed by atoms with van der Waals surface area (Å²) in [5.41, 5.74) is 0.140. The molecule has 0 fully saturated rings. The predicted molar refractivity (Wildman–Crippen MR) is 123 cm³/mol. The van der Waals surface area contributed by atoms with Crippen molar-refractivity contribution in [3.8, 4) is 17.2 Å². The summed E-state index contributed by atoms with van der Waals surface area (Å²) in [6.45, 7) is 0. The Kier molecular flexibility index (Phi) is 8.11. The Labute approximate surface area is 226 Å². The summed E-state index contributed by atoms with van der Waals surface area (Å²) >= 11 is 5.88. The van der Waals surface area contributed by atoms with Gasteiger partial charge in [0.15, 0.2) is 0 Å². The van der Waals surface area contributed by atoms with Gasteiger partial charge < -0.3 is 19.9 Å². The van der Waals surface area contributed by atoms with E-state index in [0.29, 0.717) is 10.4 Å². The largest absolute Gasteiger partial charge is 1.00 e. The molecule has 4 rings (SSSR count). The number of hydrogen-bond donors (Lipinski definition) is 3. The van der Waals surface area contributed by atoms with Crippen LogP contribution in [0, 0.1) is 0 Å². The van der Waals surface area contributed by atoms with Gasteiger partial charge in [0.2, 0.25) is 0 Å². The molecule has 0 aliphatic rings. The molecule has 10 nitrogen and oxygen atoms in total. The van der Waals surface area contributed by atoms with Crippen molar-refractivity contribution < 1.29 is 57.8 Å². The van der Waals surface area contributed by atoms with Crippen LogP contribution >= 0.6 is 11.6 Å². The molecule has 0 atom stereocenters. The predicted octanol–water partition coefficient (Wildman–Crippen LogP) is 3.35. The van der Waals surface area contributed by atoms with E-state index in [-0.39, 0.29) is 68.3 Å². The maximum Gasteiger partial charge on any atom is 1.00 e. The van der Waals surface area contributed by atoms with E-state index in [2.05, 4.69) is 20.5 Å². The van der Waals surface area contributed by atoms with Gasteiger partial charge in [-0.05, 0) is 30.3 Å². The second kappa shape index (κ2) is 10.7. The average Bonchev–Trinajstić information content (AvgIpc) is 2.79. The number of nitrogens with zero attached hydrogens (tertiary/aromatic N) is 4. The minimum Gasteiger partial charge on any atom is -0.744 e. The van der Waals surface area contributed by atoms with Crippen molar-refractivity contribution in [1.29, 1.82) is 0 Å². The SMILES string of the molecule is O=S(=O)([O-])c1ccc(N=Nc2cc(N=Nc3cc(Cl)ccc3O)c(O)cc2O)c2ccccc12.[Na+]. The van der Waals surface area contributed by atoms with Gasteiger partial charge in [-0.25, -0.2) is 8.42 Å². The topological polar surface area (TPSA) is 167 Å². The third kappa shape index (κ3) is 5.96. The first-order chi connectivity index (χ1) is 16.1. The number of rotatable bonds is 5. The zero-order chi connectivity index (χ0) is 24.5. The van der Waals surface area contributed by atoms with Crippen molar-refractivity contribution in [1.82, 2.24) is 0 Å². The molecule has 0 aromatic heterocycles. The molecule has 0 bridgehead atoms. The molecule has 0 aliphatic heterocycles. The van der Waals surface area contributed by atoms with Gasteiger partial charge >= 0.3 is 29.6 Å². The van der Waals surface area contributed by atoms with E-state index < -0.39 is 21.6 Å². The number of benzene rings is 4. The summed E-state index contributed by atoms with van der Waals surface area (Å²) in [7, 11) is -4.70. The molecule has 0 radical (unpaired) electrons. The molecule has 4 aromatic rings.